The Labute approximate surface area is 101 Å². The molecule has 0 saturated carbocycles. The van der Waals surface area contributed by atoms with Crippen molar-refractivity contribution < 1.29 is 19.4 Å². The Morgan fingerprint density at radius 1 is 1.22 bits per heavy atom. The van der Waals surface area contributed by atoms with Gasteiger partial charge in [-0.2, -0.15) is 0 Å². The Hall–Kier alpha value is -2.14. The van der Waals surface area contributed by atoms with Gasteiger partial charge in [0.1, 0.15) is 28.0 Å². The van der Waals surface area contributed by atoms with E-state index in [1.54, 1.807) is 0 Å². The van der Waals surface area contributed by atoms with Crippen LogP contribution in [0, 0.1) is 0 Å². The Balaban J connectivity index is 2.46. The molecule has 0 amide bonds. The van der Waals surface area contributed by atoms with Gasteiger partial charge < -0.3 is 14.6 Å². The molecule has 18 heavy (non-hydrogen) atoms. The fraction of sp³-hybridized carbons (Fsp3) is 0.231. The summed E-state index contributed by atoms with van der Waals surface area (Å²) in [6, 6.07) is 2.80. The molecule has 2 N–H and O–H groups in total. The number of aliphatic hydroxyl groups is 1. The number of aromatic hydroxyl groups is 1. The fourth-order valence-electron chi connectivity index (χ4n) is 2.30. The van der Waals surface area contributed by atoms with E-state index in [0.717, 1.165) is 0 Å². The molecule has 1 aliphatic rings. The van der Waals surface area contributed by atoms with Crippen LogP contribution in [0.2, 0.25) is 0 Å². The van der Waals surface area contributed by atoms with Crippen LogP contribution in [0.25, 0.3) is 11.0 Å². The number of carbonyl (C=O) groups is 1. The molecule has 0 bridgehead atoms. The first-order chi connectivity index (χ1) is 8.61. The zero-order chi connectivity index (χ0) is 12.9. The van der Waals surface area contributed by atoms with Crippen molar-refractivity contribution in [3.63, 3.8) is 0 Å². The van der Waals surface area contributed by atoms with Gasteiger partial charge in [0, 0.05) is 12.8 Å². The highest BCUT2D eigenvalue weighted by molar-refractivity contribution is 6.02. The molecular formula is C13H10O5. The van der Waals surface area contributed by atoms with Gasteiger partial charge in [-0.05, 0) is 17.7 Å². The highest BCUT2D eigenvalue weighted by atomic mass is 16.3. The second-order valence-corrected chi connectivity index (χ2v) is 4.30. The number of fused-ring (bicyclic) bond motifs is 2. The Kier molecular flexibility index (Phi) is 2.24. The topological polar surface area (TPSA) is 87.7 Å². The summed E-state index contributed by atoms with van der Waals surface area (Å²) in [4.78, 5) is 23.7. The second-order valence-electron chi connectivity index (χ2n) is 4.30. The third-order valence-electron chi connectivity index (χ3n) is 3.15. The predicted molar refractivity (Wildman–Crippen MR) is 62.7 cm³/mol. The number of benzene rings is 1. The molecule has 1 heterocycles. The van der Waals surface area contributed by atoms with E-state index < -0.39 is 5.43 Å². The van der Waals surface area contributed by atoms with E-state index in [1.165, 1.54) is 12.1 Å². The second kappa shape index (κ2) is 3.68. The summed E-state index contributed by atoms with van der Waals surface area (Å²) in [5, 5.41) is 18.8. The highest BCUT2D eigenvalue weighted by Gasteiger charge is 2.27. The number of aliphatic hydroxyl groups excluding tert-OH is 1. The lowest BCUT2D eigenvalue weighted by atomic mass is 10.1. The zero-order valence-corrected chi connectivity index (χ0v) is 9.40. The monoisotopic (exact) mass is 246 g/mol. The summed E-state index contributed by atoms with van der Waals surface area (Å²) in [6.07, 6.45) is 0.668. The molecule has 0 saturated heterocycles. The van der Waals surface area contributed by atoms with Crippen molar-refractivity contribution in [2.45, 2.75) is 19.4 Å². The lowest BCUT2D eigenvalue weighted by molar-refractivity contribution is 0.0994. The molecule has 1 aliphatic carbocycles. The molecule has 0 aliphatic heterocycles. The van der Waals surface area contributed by atoms with Crippen LogP contribution >= 0.6 is 0 Å². The maximum absolute atomic E-state index is 12.1. The summed E-state index contributed by atoms with van der Waals surface area (Å²) < 4.78 is 5.49. The quantitative estimate of drug-likeness (QED) is 0.787. The smallest absolute Gasteiger partial charge is 0.207 e. The Morgan fingerprint density at radius 2 is 2.00 bits per heavy atom. The van der Waals surface area contributed by atoms with Gasteiger partial charge in [0.15, 0.2) is 5.78 Å². The summed E-state index contributed by atoms with van der Waals surface area (Å²) in [5.41, 5.74) is 0.218. The lowest BCUT2D eigenvalue weighted by Crippen LogP contribution is -2.13. The molecular weight excluding hydrogens is 236 g/mol. The molecule has 0 atom stereocenters. The minimum absolute atomic E-state index is 0.00111. The number of aryl methyl sites for hydroxylation is 1. The maximum Gasteiger partial charge on any atom is 0.207 e. The first-order valence-corrected chi connectivity index (χ1v) is 5.57. The van der Waals surface area contributed by atoms with Crippen molar-refractivity contribution in [1.82, 2.24) is 0 Å². The van der Waals surface area contributed by atoms with E-state index in [9.17, 15) is 14.7 Å². The summed E-state index contributed by atoms with van der Waals surface area (Å²) in [5.74, 6) is -0.147. The number of rotatable bonds is 1. The third kappa shape index (κ3) is 1.37. The molecule has 92 valence electrons. The molecule has 2 aromatic rings. The van der Waals surface area contributed by atoms with Gasteiger partial charge in [-0.3, -0.25) is 9.59 Å². The van der Waals surface area contributed by atoms with Crippen molar-refractivity contribution >= 4 is 16.8 Å². The van der Waals surface area contributed by atoms with Gasteiger partial charge in [0.05, 0.1) is 6.61 Å². The first-order valence-electron chi connectivity index (χ1n) is 5.57. The van der Waals surface area contributed by atoms with Crippen LogP contribution < -0.4 is 5.43 Å². The van der Waals surface area contributed by atoms with E-state index >= 15 is 0 Å². The molecule has 0 radical (unpaired) electrons. The number of phenolic OH excluding ortho intramolecular Hbond substituents is 1. The molecule has 0 fully saturated rings. The number of phenols is 1. The van der Waals surface area contributed by atoms with Crippen LogP contribution in [0.15, 0.2) is 21.3 Å². The Bertz CT molecular complexity index is 726. The number of hydrogen-bond acceptors (Lipinski definition) is 5. The Morgan fingerprint density at radius 3 is 2.72 bits per heavy atom. The molecule has 5 nitrogen and oxygen atoms in total. The molecule has 0 unspecified atom stereocenters. The number of hydrogen-bond donors (Lipinski definition) is 2. The predicted octanol–water partition coefficient (Wildman–Crippen LogP) is 1.12. The van der Waals surface area contributed by atoms with Gasteiger partial charge in [0.2, 0.25) is 5.43 Å². The van der Waals surface area contributed by atoms with Gasteiger partial charge in [-0.15, -0.1) is 0 Å². The van der Waals surface area contributed by atoms with Crippen LogP contribution in [0.1, 0.15) is 28.1 Å². The van der Waals surface area contributed by atoms with Crippen molar-refractivity contribution in [2.75, 3.05) is 0 Å². The van der Waals surface area contributed by atoms with Gasteiger partial charge in [-0.1, -0.05) is 0 Å². The van der Waals surface area contributed by atoms with Crippen LogP contribution in [0.5, 0.6) is 5.75 Å². The van der Waals surface area contributed by atoms with Crippen LogP contribution in [-0.2, 0) is 13.0 Å². The first kappa shape index (κ1) is 11.0. The van der Waals surface area contributed by atoms with E-state index in [4.69, 9.17) is 9.52 Å². The van der Waals surface area contributed by atoms with Crippen LogP contribution in [0.3, 0.4) is 0 Å². The summed E-state index contributed by atoms with van der Waals surface area (Å²) in [6.45, 7) is -0.261. The van der Waals surface area contributed by atoms with E-state index in [0.29, 0.717) is 17.7 Å². The van der Waals surface area contributed by atoms with Gasteiger partial charge in [-0.25, -0.2) is 0 Å². The number of ketones is 1. The SMILES string of the molecule is O=C1CCc2oc3cc(CO)cc(O)c3c(=O)c21. The van der Waals surface area contributed by atoms with Crippen molar-refractivity contribution in [1.29, 1.82) is 0 Å². The average molecular weight is 246 g/mol. The van der Waals surface area contributed by atoms with Crippen molar-refractivity contribution in [3.05, 3.63) is 39.2 Å². The van der Waals surface area contributed by atoms with Crippen LogP contribution in [-0.4, -0.2) is 16.0 Å². The van der Waals surface area contributed by atoms with Gasteiger partial charge >= 0.3 is 0 Å². The van der Waals surface area contributed by atoms with Crippen molar-refractivity contribution in [3.8, 4) is 5.75 Å². The minimum atomic E-state index is -0.490. The van der Waals surface area contributed by atoms with E-state index in [1.807, 2.05) is 0 Å². The molecule has 1 aromatic heterocycles. The average Bonchev–Trinajstić information content (AvgIpc) is 2.70. The van der Waals surface area contributed by atoms with E-state index in [-0.39, 0.29) is 41.1 Å². The minimum Gasteiger partial charge on any atom is -0.507 e. The third-order valence-corrected chi connectivity index (χ3v) is 3.15. The van der Waals surface area contributed by atoms with Gasteiger partial charge in [0.25, 0.3) is 0 Å². The van der Waals surface area contributed by atoms with Crippen molar-refractivity contribution in [2.24, 2.45) is 0 Å². The standard InChI is InChI=1S/C13H10O5/c14-5-6-3-8(16)12-10(4-6)18-9-2-1-7(15)11(9)13(12)17/h3-4,14,16H,1-2,5H2. The lowest BCUT2D eigenvalue weighted by Gasteiger charge is -2.05. The number of Topliss-reactive ketones (excluding diaryl/α,β-unsaturated/α-hetero) is 1. The normalized spacial score (nSPS) is 14.2. The zero-order valence-electron chi connectivity index (χ0n) is 9.40. The molecule has 0 spiro atoms. The highest BCUT2D eigenvalue weighted by Crippen LogP contribution is 2.29. The maximum atomic E-state index is 12.1. The van der Waals surface area contributed by atoms with E-state index in [2.05, 4.69) is 0 Å². The molecule has 1 aromatic carbocycles. The number of carbonyl (C=O) groups excluding carboxylic acids is 1. The summed E-state index contributed by atoms with van der Waals surface area (Å²) in [7, 11) is 0. The van der Waals surface area contributed by atoms with Crippen LogP contribution in [0.4, 0.5) is 0 Å². The molecule has 5 heteroatoms. The largest absolute Gasteiger partial charge is 0.507 e. The fourth-order valence-corrected chi connectivity index (χ4v) is 2.30. The summed E-state index contributed by atoms with van der Waals surface area (Å²) >= 11 is 0. The molecule has 3 rings (SSSR count).